The van der Waals surface area contributed by atoms with E-state index in [1.165, 1.54) is 38.5 Å². The summed E-state index contributed by atoms with van der Waals surface area (Å²) >= 11 is 0. The van der Waals surface area contributed by atoms with E-state index in [0.29, 0.717) is 0 Å². The van der Waals surface area contributed by atoms with Gasteiger partial charge in [0.15, 0.2) is 0 Å². The molecule has 0 aromatic rings. The quantitative estimate of drug-likeness (QED) is 0.634. The maximum absolute atomic E-state index is 6.00. The van der Waals surface area contributed by atoms with Crippen molar-refractivity contribution in [3.8, 4) is 0 Å². The summed E-state index contributed by atoms with van der Waals surface area (Å²) in [7, 11) is 0. The molecule has 16 heavy (non-hydrogen) atoms. The van der Waals surface area contributed by atoms with Crippen LogP contribution in [0.2, 0.25) is 0 Å². The molecule has 0 aromatic carbocycles. The second kappa shape index (κ2) is 6.61. The van der Waals surface area contributed by atoms with Crippen molar-refractivity contribution in [2.45, 2.75) is 64.8 Å². The van der Waals surface area contributed by atoms with Gasteiger partial charge in [0, 0.05) is 12.1 Å². The first-order valence-electron chi connectivity index (χ1n) is 7.12. The monoisotopic (exact) mass is 226 g/mol. The summed E-state index contributed by atoms with van der Waals surface area (Å²) in [5.41, 5.74) is 6.21. The maximum atomic E-state index is 6.00. The molecule has 0 aromatic heterocycles. The zero-order valence-corrected chi connectivity index (χ0v) is 11.4. The lowest BCUT2D eigenvalue weighted by Gasteiger charge is -2.35. The average molecular weight is 226 g/mol. The Kier molecular flexibility index (Phi) is 5.77. The van der Waals surface area contributed by atoms with Gasteiger partial charge in [-0.15, -0.1) is 0 Å². The van der Waals surface area contributed by atoms with E-state index in [-0.39, 0.29) is 5.54 Å². The van der Waals surface area contributed by atoms with Gasteiger partial charge in [-0.1, -0.05) is 33.6 Å². The number of nitrogens with two attached hydrogens (primary N) is 1. The third kappa shape index (κ3) is 4.06. The van der Waals surface area contributed by atoms with E-state index in [0.717, 1.165) is 24.9 Å². The first-order chi connectivity index (χ1) is 7.67. The van der Waals surface area contributed by atoms with Crippen molar-refractivity contribution in [2.24, 2.45) is 17.6 Å². The van der Waals surface area contributed by atoms with Crippen molar-refractivity contribution in [1.82, 2.24) is 5.32 Å². The van der Waals surface area contributed by atoms with Crippen molar-refractivity contribution in [2.75, 3.05) is 13.1 Å². The summed E-state index contributed by atoms with van der Waals surface area (Å²) in [5, 5.41) is 3.78. The molecule has 1 aliphatic rings. The fourth-order valence-electron chi connectivity index (χ4n) is 2.74. The molecule has 0 radical (unpaired) electrons. The summed E-state index contributed by atoms with van der Waals surface area (Å²) in [4.78, 5) is 0. The Bertz CT molecular complexity index is 181. The van der Waals surface area contributed by atoms with Gasteiger partial charge in [-0.05, 0) is 44.1 Å². The lowest BCUT2D eigenvalue weighted by Crippen LogP contribution is -2.52. The molecule has 1 rings (SSSR count). The molecule has 3 N–H and O–H groups in total. The van der Waals surface area contributed by atoms with Crippen LogP contribution in [0.1, 0.15) is 59.3 Å². The van der Waals surface area contributed by atoms with Crippen LogP contribution < -0.4 is 11.1 Å². The van der Waals surface area contributed by atoms with Gasteiger partial charge in [-0.3, -0.25) is 0 Å². The molecular weight excluding hydrogens is 196 g/mol. The third-order valence-electron chi connectivity index (χ3n) is 4.07. The molecule has 0 spiro atoms. The highest BCUT2D eigenvalue weighted by Gasteiger charge is 2.31. The first-order valence-corrected chi connectivity index (χ1v) is 7.12. The van der Waals surface area contributed by atoms with Gasteiger partial charge in [0.1, 0.15) is 0 Å². The largest absolute Gasteiger partial charge is 0.329 e. The average Bonchev–Trinajstić information content (AvgIpc) is 3.10. The molecule has 1 saturated carbocycles. The molecule has 0 saturated heterocycles. The molecule has 1 unspecified atom stereocenters. The molecule has 2 nitrogen and oxygen atoms in total. The molecule has 1 aliphatic carbocycles. The van der Waals surface area contributed by atoms with Crippen molar-refractivity contribution in [1.29, 1.82) is 0 Å². The molecule has 1 fully saturated rings. The smallest absolute Gasteiger partial charge is 0.0303 e. The summed E-state index contributed by atoms with van der Waals surface area (Å²) in [6, 6.07) is 0. The fraction of sp³-hybridized carbons (Fsp3) is 1.00. The van der Waals surface area contributed by atoms with E-state index in [4.69, 9.17) is 5.73 Å². The summed E-state index contributed by atoms with van der Waals surface area (Å²) < 4.78 is 0. The van der Waals surface area contributed by atoms with Gasteiger partial charge in [0.25, 0.3) is 0 Å². The van der Waals surface area contributed by atoms with Crippen molar-refractivity contribution < 1.29 is 0 Å². The summed E-state index contributed by atoms with van der Waals surface area (Å²) in [5.74, 6) is 1.82. The highest BCUT2D eigenvalue weighted by atomic mass is 15.0. The lowest BCUT2D eigenvalue weighted by atomic mass is 9.88. The molecule has 0 heterocycles. The normalized spacial score (nSPS) is 18.8. The number of hydrogen-bond donors (Lipinski definition) is 2. The Hall–Kier alpha value is -0.0800. The first kappa shape index (κ1) is 14.0. The van der Waals surface area contributed by atoms with Crippen LogP contribution in [0.25, 0.3) is 0 Å². The minimum absolute atomic E-state index is 0.215. The summed E-state index contributed by atoms with van der Waals surface area (Å²) in [6.07, 6.45) is 7.77. The van der Waals surface area contributed by atoms with E-state index < -0.39 is 0 Å². The minimum atomic E-state index is 0.215. The van der Waals surface area contributed by atoms with E-state index in [1.807, 2.05) is 0 Å². The topological polar surface area (TPSA) is 38.0 Å². The zero-order valence-electron chi connectivity index (χ0n) is 11.4. The van der Waals surface area contributed by atoms with Crippen LogP contribution in [0, 0.1) is 11.8 Å². The molecule has 96 valence electrons. The van der Waals surface area contributed by atoms with Crippen molar-refractivity contribution in [3.05, 3.63) is 0 Å². The van der Waals surface area contributed by atoms with E-state index in [1.54, 1.807) is 0 Å². The predicted molar refractivity (Wildman–Crippen MR) is 71.5 cm³/mol. The van der Waals surface area contributed by atoms with Crippen LogP contribution in [0.5, 0.6) is 0 Å². The van der Waals surface area contributed by atoms with Crippen molar-refractivity contribution in [3.63, 3.8) is 0 Å². The van der Waals surface area contributed by atoms with E-state index in [9.17, 15) is 0 Å². The second-order valence-corrected chi connectivity index (χ2v) is 5.68. The minimum Gasteiger partial charge on any atom is -0.329 e. The van der Waals surface area contributed by atoms with Gasteiger partial charge >= 0.3 is 0 Å². The van der Waals surface area contributed by atoms with Crippen LogP contribution in [-0.4, -0.2) is 18.6 Å². The van der Waals surface area contributed by atoms with Gasteiger partial charge in [-0.2, -0.15) is 0 Å². The molecule has 0 bridgehead atoms. The van der Waals surface area contributed by atoms with E-state index in [2.05, 4.69) is 26.1 Å². The molecule has 1 atom stereocenters. The van der Waals surface area contributed by atoms with Crippen LogP contribution in [-0.2, 0) is 0 Å². The zero-order chi connectivity index (χ0) is 12.0. The SMILES string of the molecule is CCCC(CN)(CCC)NCC(C)C1CC1. The van der Waals surface area contributed by atoms with Crippen LogP contribution in [0.3, 0.4) is 0 Å². The van der Waals surface area contributed by atoms with E-state index >= 15 is 0 Å². The van der Waals surface area contributed by atoms with Gasteiger partial charge in [-0.25, -0.2) is 0 Å². The van der Waals surface area contributed by atoms with Gasteiger partial charge < -0.3 is 11.1 Å². The molecule has 2 heteroatoms. The highest BCUT2D eigenvalue weighted by molar-refractivity contribution is 4.90. The standard InChI is InChI=1S/C14H30N2/c1-4-8-14(11-15,9-5-2)16-10-12(3)13-6-7-13/h12-13,16H,4-11,15H2,1-3H3. The van der Waals surface area contributed by atoms with Crippen LogP contribution in [0.4, 0.5) is 0 Å². The number of nitrogens with one attached hydrogen (secondary N) is 1. The van der Waals surface area contributed by atoms with Gasteiger partial charge in [0.2, 0.25) is 0 Å². The maximum Gasteiger partial charge on any atom is 0.0303 e. The number of rotatable bonds is 9. The third-order valence-corrected chi connectivity index (χ3v) is 4.07. The second-order valence-electron chi connectivity index (χ2n) is 5.68. The summed E-state index contributed by atoms with van der Waals surface area (Å²) in [6.45, 7) is 8.83. The highest BCUT2D eigenvalue weighted by Crippen LogP contribution is 2.36. The van der Waals surface area contributed by atoms with Gasteiger partial charge in [0.05, 0.1) is 0 Å². The number of hydrogen-bond acceptors (Lipinski definition) is 2. The lowest BCUT2D eigenvalue weighted by molar-refractivity contribution is 0.261. The Balaban J connectivity index is 2.40. The molecule has 0 amide bonds. The molecule has 0 aliphatic heterocycles. The van der Waals surface area contributed by atoms with Crippen LogP contribution >= 0.6 is 0 Å². The van der Waals surface area contributed by atoms with Crippen LogP contribution in [0.15, 0.2) is 0 Å². The Labute approximate surface area is 101 Å². The Morgan fingerprint density at radius 3 is 2.19 bits per heavy atom. The molecular formula is C14H30N2. The van der Waals surface area contributed by atoms with Crippen molar-refractivity contribution >= 4 is 0 Å². The fourth-order valence-corrected chi connectivity index (χ4v) is 2.74. The Morgan fingerprint density at radius 1 is 1.25 bits per heavy atom. The Morgan fingerprint density at radius 2 is 1.81 bits per heavy atom. The predicted octanol–water partition coefficient (Wildman–Crippen LogP) is 2.92.